The molecule has 2 aliphatic carbocycles. The van der Waals surface area contributed by atoms with Crippen LogP contribution in [0, 0.1) is 16.7 Å². The van der Waals surface area contributed by atoms with Gasteiger partial charge in [0.05, 0.1) is 11.8 Å². The minimum Gasteiger partial charge on any atom is -0.391 e. The maximum Gasteiger partial charge on any atom is 0.248 e. The SMILES string of the molecule is CC(C)(C)[C@@H](C(=O)N1CC(O)CC1C(=O)NCC1(C2CCOCC2)CC1)n1cc(C2CC2)nn1. The largest absolute Gasteiger partial charge is 0.391 e. The molecule has 5 rings (SSSR count). The molecule has 0 radical (unpaired) electrons. The number of nitrogens with zero attached hydrogens (tertiary/aromatic N) is 4. The molecule has 4 aliphatic rings. The van der Waals surface area contributed by atoms with Crippen molar-refractivity contribution in [2.75, 3.05) is 26.3 Å². The number of likely N-dealkylation sites (tertiary alicyclic amines) is 1. The van der Waals surface area contributed by atoms with Crippen LogP contribution in [0.3, 0.4) is 0 Å². The first kappa shape index (κ1) is 23.7. The average molecular weight is 474 g/mol. The van der Waals surface area contributed by atoms with Gasteiger partial charge >= 0.3 is 0 Å². The van der Waals surface area contributed by atoms with E-state index < -0.39 is 23.6 Å². The Labute approximate surface area is 201 Å². The number of ether oxygens (including phenoxy) is 1. The zero-order chi connectivity index (χ0) is 24.1. The highest BCUT2D eigenvalue weighted by molar-refractivity contribution is 5.90. The van der Waals surface area contributed by atoms with E-state index in [1.165, 1.54) is 0 Å². The molecule has 3 heterocycles. The molecule has 9 heteroatoms. The third-order valence-electron chi connectivity index (χ3n) is 8.30. The summed E-state index contributed by atoms with van der Waals surface area (Å²) in [5.74, 6) is 0.698. The first-order chi connectivity index (χ1) is 16.2. The van der Waals surface area contributed by atoms with Crippen molar-refractivity contribution in [2.45, 2.75) is 89.8 Å². The van der Waals surface area contributed by atoms with Crippen molar-refractivity contribution in [3.8, 4) is 0 Å². The van der Waals surface area contributed by atoms with Crippen molar-refractivity contribution in [3.63, 3.8) is 0 Å². The van der Waals surface area contributed by atoms with Crippen LogP contribution in [0.25, 0.3) is 0 Å². The molecule has 188 valence electrons. The molecule has 2 saturated heterocycles. The highest BCUT2D eigenvalue weighted by Crippen LogP contribution is 2.54. The van der Waals surface area contributed by atoms with Crippen LogP contribution in [0.15, 0.2) is 6.20 Å². The summed E-state index contributed by atoms with van der Waals surface area (Å²) >= 11 is 0. The maximum atomic E-state index is 13.8. The summed E-state index contributed by atoms with van der Waals surface area (Å²) in [5, 5.41) is 22.2. The van der Waals surface area contributed by atoms with Gasteiger partial charge in [0.15, 0.2) is 0 Å². The minimum atomic E-state index is -0.705. The van der Waals surface area contributed by atoms with Crippen molar-refractivity contribution in [1.82, 2.24) is 25.2 Å². The molecular weight excluding hydrogens is 434 g/mol. The molecule has 9 nitrogen and oxygen atoms in total. The first-order valence-electron chi connectivity index (χ1n) is 12.9. The molecule has 2 unspecified atom stereocenters. The molecule has 2 aliphatic heterocycles. The summed E-state index contributed by atoms with van der Waals surface area (Å²) in [7, 11) is 0. The maximum absolute atomic E-state index is 13.8. The summed E-state index contributed by atoms with van der Waals surface area (Å²) in [4.78, 5) is 28.7. The lowest BCUT2D eigenvalue weighted by Gasteiger charge is -2.35. The number of carbonyl (C=O) groups is 2. The van der Waals surface area contributed by atoms with E-state index >= 15 is 0 Å². The van der Waals surface area contributed by atoms with E-state index in [0.717, 1.165) is 57.4 Å². The molecule has 2 saturated carbocycles. The van der Waals surface area contributed by atoms with Gasteiger partial charge in [0, 0.05) is 44.8 Å². The highest BCUT2D eigenvalue weighted by Gasteiger charge is 2.50. The fraction of sp³-hybridized carbons (Fsp3) is 0.840. The molecule has 2 amide bonds. The number of hydrogen-bond donors (Lipinski definition) is 2. The first-order valence-corrected chi connectivity index (χ1v) is 12.9. The lowest BCUT2D eigenvalue weighted by Crippen LogP contribution is -2.51. The Bertz CT molecular complexity index is 911. The fourth-order valence-corrected chi connectivity index (χ4v) is 5.91. The average Bonchev–Trinajstić information content (AvgIpc) is 3.71. The summed E-state index contributed by atoms with van der Waals surface area (Å²) < 4.78 is 7.18. The number of aromatic nitrogens is 3. The summed E-state index contributed by atoms with van der Waals surface area (Å²) in [6.07, 6.45) is 8.05. The predicted molar refractivity (Wildman–Crippen MR) is 125 cm³/mol. The Hall–Kier alpha value is -2.00. The lowest BCUT2D eigenvalue weighted by molar-refractivity contribution is -0.144. The van der Waals surface area contributed by atoms with Crippen LogP contribution in [0.1, 0.15) is 83.4 Å². The van der Waals surface area contributed by atoms with Gasteiger partial charge in [-0.25, -0.2) is 4.68 Å². The van der Waals surface area contributed by atoms with E-state index in [2.05, 4.69) is 15.6 Å². The van der Waals surface area contributed by atoms with Crippen LogP contribution in [0.5, 0.6) is 0 Å². The molecule has 1 aromatic rings. The van der Waals surface area contributed by atoms with Crippen LogP contribution in [-0.4, -0.2) is 75.3 Å². The minimum absolute atomic E-state index is 0.159. The van der Waals surface area contributed by atoms with Gasteiger partial charge in [-0.2, -0.15) is 0 Å². The van der Waals surface area contributed by atoms with E-state index in [1.54, 1.807) is 9.58 Å². The number of aliphatic hydroxyl groups excluding tert-OH is 1. The van der Waals surface area contributed by atoms with Crippen molar-refractivity contribution in [3.05, 3.63) is 11.9 Å². The number of hydrogen-bond acceptors (Lipinski definition) is 6. The third-order valence-corrected chi connectivity index (χ3v) is 8.30. The highest BCUT2D eigenvalue weighted by atomic mass is 16.5. The van der Waals surface area contributed by atoms with Crippen LogP contribution in [0.2, 0.25) is 0 Å². The summed E-state index contributed by atoms with van der Waals surface area (Å²) in [5.41, 5.74) is 0.682. The Morgan fingerprint density at radius 2 is 1.94 bits per heavy atom. The monoisotopic (exact) mass is 473 g/mol. The van der Waals surface area contributed by atoms with Crippen molar-refractivity contribution in [2.24, 2.45) is 16.7 Å². The van der Waals surface area contributed by atoms with E-state index in [0.29, 0.717) is 18.4 Å². The standard InChI is InChI=1S/C25H39N5O4/c1-24(2,3)21(30-14-19(27-28-30)16-4-5-16)23(33)29-13-18(31)12-20(29)22(32)26-15-25(8-9-25)17-6-10-34-11-7-17/h14,16-18,20-21,31H,4-13,15H2,1-3H3,(H,26,32)/t18?,20?,21-/m1/s1. The second kappa shape index (κ2) is 8.90. The van der Waals surface area contributed by atoms with Gasteiger partial charge in [0.1, 0.15) is 12.1 Å². The summed E-state index contributed by atoms with van der Waals surface area (Å²) in [6.45, 7) is 8.41. The van der Waals surface area contributed by atoms with Gasteiger partial charge < -0.3 is 20.1 Å². The van der Waals surface area contributed by atoms with Crippen LogP contribution < -0.4 is 5.32 Å². The van der Waals surface area contributed by atoms with Gasteiger partial charge in [-0.15, -0.1) is 5.10 Å². The van der Waals surface area contributed by atoms with Crippen molar-refractivity contribution >= 4 is 11.8 Å². The molecule has 3 atom stereocenters. The molecule has 0 bridgehead atoms. The topological polar surface area (TPSA) is 110 Å². The molecule has 1 aromatic heterocycles. The number of amides is 2. The van der Waals surface area contributed by atoms with Crippen molar-refractivity contribution < 1.29 is 19.4 Å². The van der Waals surface area contributed by atoms with Gasteiger partial charge in [-0.3, -0.25) is 9.59 Å². The lowest BCUT2D eigenvalue weighted by atomic mass is 9.83. The smallest absolute Gasteiger partial charge is 0.248 e. The number of carbonyl (C=O) groups excluding carboxylic acids is 2. The van der Waals surface area contributed by atoms with Gasteiger partial charge in [-0.05, 0) is 55.3 Å². The van der Waals surface area contributed by atoms with Gasteiger partial charge in [0.25, 0.3) is 0 Å². The number of β-amino-alcohol motifs (C(OH)–C–C–N with tert-alkyl or cyclic N) is 1. The van der Waals surface area contributed by atoms with E-state index in [9.17, 15) is 14.7 Å². The van der Waals surface area contributed by atoms with E-state index in [4.69, 9.17) is 4.74 Å². The zero-order valence-electron chi connectivity index (χ0n) is 20.7. The summed E-state index contributed by atoms with van der Waals surface area (Å²) in [6, 6.07) is -1.26. The van der Waals surface area contributed by atoms with Gasteiger partial charge in [-0.1, -0.05) is 26.0 Å². The number of aliphatic hydroxyl groups is 1. The quantitative estimate of drug-likeness (QED) is 0.627. The Balaban J connectivity index is 1.29. The molecule has 0 spiro atoms. The van der Waals surface area contributed by atoms with Gasteiger partial charge in [0.2, 0.25) is 11.8 Å². The van der Waals surface area contributed by atoms with E-state index in [1.807, 2.05) is 27.0 Å². The zero-order valence-corrected chi connectivity index (χ0v) is 20.7. The molecular formula is C25H39N5O4. The number of nitrogens with one attached hydrogen (secondary N) is 1. The third kappa shape index (κ3) is 4.73. The Morgan fingerprint density at radius 1 is 1.24 bits per heavy atom. The molecule has 0 aromatic carbocycles. The van der Waals surface area contributed by atoms with Crippen LogP contribution >= 0.6 is 0 Å². The van der Waals surface area contributed by atoms with Crippen LogP contribution in [0.4, 0.5) is 0 Å². The predicted octanol–water partition coefficient (Wildman–Crippen LogP) is 2.03. The Morgan fingerprint density at radius 3 is 2.56 bits per heavy atom. The second-order valence-electron chi connectivity index (χ2n) is 12.0. The van der Waals surface area contributed by atoms with Crippen LogP contribution in [-0.2, 0) is 14.3 Å². The molecule has 34 heavy (non-hydrogen) atoms. The van der Waals surface area contributed by atoms with Crippen molar-refractivity contribution in [1.29, 1.82) is 0 Å². The second-order valence-corrected chi connectivity index (χ2v) is 12.0. The van der Waals surface area contributed by atoms with E-state index in [-0.39, 0.29) is 30.2 Å². The molecule has 4 fully saturated rings. The normalized spacial score (nSPS) is 28.1. The number of rotatable bonds is 7. The fourth-order valence-electron chi connectivity index (χ4n) is 5.91. The Kier molecular flexibility index (Phi) is 6.21. The molecule has 2 N–H and O–H groups in total.